The van der Waals surface area contributed by atoms with Crippen LogP contribution in [-0.2, 0) is 16.6 Å². The Balaban J connectivity index is 1.69. The summed E-state index contributed by atoms with van der Waals surface area (Å²) in [5.74, 6) is 0.883. The van der Waals surface area contributed by atoms with Gasteiger partial charge in [0.05, 0.1) is 17.4 Å². The minimum absolute atomic E-state index is 0.225. The summed E-state index contributed by atoms with van der Waals surface area (Å²) in [5.41, 5.74) is 2.89. The van der Waals surface area contributed by atoms with E-state index in [1.165, 1.54) is 4.31 Å². The number of benzene rings is 1. The van der Waals surface area contributed by atoms with E-state index in [-0.39, 0.29) is 5.75 Å². The van der Waals surface area contributed by atoms with Gasteiger partial charge >= 0.3 is 0 Å². The van der Waals surface area contributed by atoms with Gasteiger partial charge in [0.2, 0.25) is 10.0 Å². The first-order valence-corrected chi connectivity index (χ1v) is 9.50. The minimum Gasteiger partial charge on any atom is -0.282 e. The summed E-state index contributed by atoms with van der Waals surface area (Å²) in [7, 11) is -3.12. The third-order valence-corrected chi connectivity index (χ3v) is 6.19. The number of hydrogen-bond donors (Lipinski definition) is 0. The van der Waals surface area contributed by atoms with E-state index in [0.29, 0.717) is 36.5 Å². The second-order valence-corrected chi connectivity index (χ2v) is 8.07. The predicted molar refractivity (Wildman–Crippen MR) is 92.0 cm³/mol. The van der Waals surface area contributed by atoms with Crippen molar-refractivity contribution in [2.24, 2.45) is 0 Å². The molecular weight excluding hydrogens is 338 g/mol. The number of pyridine rings is 1. The molecule has 0 radical (unpaired) electrons. The van der Waals surface area contributed by atoms with Crippen molar-refractivity contribution in [3.8, 4) is 17.5 Å². The summed E-state index contributed by atoms with van der Waals surface area (Å²) in [5, 5.41) is 17.3. The Morgan fingerprint density at radius 2 is 2.08 bits per heavy atom. The van der Waals surface area contributed by atoms with Gasteiger partial charge in [-0.3, -0.25) is 4.40 Å². The van der Waals surface area contributed by atoms with E-state index in [9.17, 15) is 8.42 Å². The van der Waals surface area contributed by atoms with Gasteiger partial charge in [0, 0.05) is 30.9 Å². The molecule has 4 rings (SSSR count). The number of nitriles is 1. The monoisotopic (exact) mass is 353 g/mol. The Labute approximate surface area is 145 Å². The second-order valence-electron chi connectivity index (χ2n) is 5.98. The van der Waals surface area contributed by atoms with Crippen LogP contribution < -0.4 is 0 Å². The smallest absolute Gasteiger partial charge is 0.214 e. The lowest BCUT2D eigenvalue weighted by Crippen LogP contribution is -2.25. The van der Waals surface area contributed by atoms with Gasteiger partial charge in [-0.2, -0.15) is 9.57 Å². The van der Waals surface area contributed by atoms with Gasteiger partial charge in [-0.05, 0) is 24.1 Å². The third-order valence-electron chi connectivity index (χ3n) is 4.29. The molecule has 3 heterocycles. The average Bonchev–Trinajstić information content (AvgIpc) is 3.17. The Morgan fingerprint density at radius 1 is 1.20 bits per heavy atom. The van der Waals surface area contributed by atoms with Crippen molar-refractivity contribution < 1.29 is 8.42 Å². The van der Waals surface area contributed by atoms with Gasteiger partial charge in [0.15, 0.2) is 11.5 Å². The molecule has 2 aromatic heterocycles. The van der Waals surface area contributed by atoms with Crippen LogP contribution in [0.25, 0.3) is 17.0 Å². The molecule has 25 heavy (non-hydrogen) atoms. The standard InChI is InChI=1S/C17H15N5O2S/c18-11-13-5-7-22-16(10-13)19-20-17(22)15-4-1-3-14(9-15)12-21-6-2-8-25(21,23)24/h1,3-5,7,9-10H,2,6,8,12H2. The summed E-state index contributed by atoms with van der Waals surface area (Å²) < 4.78 is 27.3. The van der Waals surface area contributed by atoms with Crippen molar-refractivity contribution in [2.45, 2.75) is 13.0 Å². The maximum atomic E-state index is 12.0. The molecule has 7 nitrogen and oxygen atoms in total. The normalized spacial score (nSPS) is 16.9. The Hall–Kier alpha value is -2.76. The molecule has 1 saturated heterocycles. The van der Waals surface area contributed by atoms with Crippen LogP contribution in [0.5, 0.6) is 0 Å². The summed E-state index contributed by atoms with van der Waals surface area (Å²) in [6.45, 7) is 0.933. The van der Waals surface area contributed by atoms with Gasteiger partial charge in [0.25, 0.3) is 0 Å². The lowest BCUT2D eigenvalue weighted by atomic mass is 10.1. The first kappa shape index (κ1) is 15.7. The van der Waals surface area contributed by atoms with Crippen LogP contribution in [0.4, 0.5) is 0 Å². The molecule has 0 aliphatic carbocycles. The molecule has 0 unspecified atom stereocenters. The Morgan fingerprint density at radius 3 is 2.84 bits per heavy atom. The predicted octanol–water partition coefficient (Wildman–Crippen LogP) is 1.80. The molecule has 3 aromatic rings. The summed E-state index contributed by atoms with van der Waals surface area (Å²) in [6, 6.07) is 13.1. The minimum atomic E-state index is -3.12. The van der Waals surface area contributed by atoms with Crippen LogP contribution in [0.3, 0.4) is 0 Å². The van der Waals surface area contributed by atoms with E-state index < -0.39 is 10.0 Å². The highest BCUT2D eigenvalue weighted by molar-refractivity contribution is 7.89. The zero-order valence-electron chi connectivity index (χ0n) is 13.3. The number of aromatic nitrogens is 3. The van der Waals surface area contributed by atoms with Gasteiger partial charge in [-0.25, -0.2) is 8.42 Å². The van der Waals surface area contributed by atoms with Gasteiger partial charge < -0.3 is 0 Å². The molecule has 0 N–H and O–H groups in total. The van der Waals surface area contributed by atoms with Crippen molar-refractivity contribution in [1.82, 2.24) is 18.9 Å². The molecule has 126 valence electrons. The zero-order valence-corrected chi connectivity index (χ0v) is 14.1. The van der Waals surface area contributed by atoms with Crippen molar-refractivity contribution in [3.05, 3.63) is 53.7 Å². The molecule has 8 heteroatoms. The van der Waals surface area contributed by atoms with Crippen molar-refractivity contribution in [1.29, 1.82) is 5.26 Å². The van der Waals surface area contributed by atoms with Crippen LogP contribution in [0.1, 0.15) is 17.5 Å². The largest absolute Gasteiger partial charge is 0.282 e. The van der Waals surface area contributed by atoms with E-state index in [4.69, 9.17) is 5.26 Å². The van der Waals surface area contributed by atoms with E-state index in [2.05, 4.69) is 16.3 Å². The summed E-state index contributed by atoms with van der Waals surface area (Å²) in [4.78, 5) is 0. The molecule has 0 spiro atoms. The van der Waals surface area contributed by atoms with E-state index in [1.54, 1.807) is 18.3 Å². The molecule has 0 saturated carbocycles. The van der Waals surface area contributed by atoms with E-state index in [0.717, 1.165) is 11.1 Å². The van der Waals surface area contributed by atoms with Crippen molar-refractivity contribution >= 4 is 15.7 Å². The third kappa shape index (κ3) is 2.88. The molecule has 0 atom stereocenters. The van der Waals surface area contributed by atoms with Crippen LogP contribution in [0.2, 0.25) is 0 Å². The highest BCUT2D eigenvalue weighted by Crippen LogP contribution is 2.23. The lowest BCUT2D eigenvalue weighted by molar-refractivity contribution is 0.440. The maximum absolute atomic E-state index is 12.0. The fourth-order valence-electron chi connectivity index (χ4n) is 3.04. The second kappa shape index (κ2) is 5.95. The summed E-state index contributed by atoms with van der Waals surface area (Å²) in [6.07, 6.45) is 2.44. The fourth-order valence-corrected chi connectivity index (χ4v) is 4.54. The number of sulfonamides is 1. The van der Waals surface area contributed by atoms with Crippen molar-refractivity contribution in [3.63, 3.8) is 0 Å². The molecule has 1 aliphatic rings. The Kier molecular flexibility index (Phi) is 3.75. The zero-order chi connectivity index (χ0) is 17.4. The quantitative estimate of drug-likeness (QED) is 0.716. The first-order chi connectivity index (χ1) is 12.1. The van der Waals surface area contributed by atoms with Crippen LogP contribution in [0, 0.1) is 11.3 Å². The average molecular weight is 353 g/mol. The lowest BCUT2D eigenvalue weighted by Gasteiger charge is -2.14. The molecule has 1 fully saturated rings. The van der Waals surface area contributed by atoms with Crippen LogP contribution >= 0.6 is 0 Å². The molecule has 1 aromatic carbocycles. The van der Waals surface area contributed by atoms with Gasteiger partial charge in [-0.1, -0.05) is 18.2 Å². The van der Waals surface area contributed by atoms with Gasteiger partial charge in [-0.15, -0.1) is 10.2 Å². The fraction of sp³-hybridized carbons (Fsp3) is 0.235. The number of rotatable bonds is 3. The SMILES string of the molecule is N#Cc1ccn2c(-c3cccc(CN4CCCS4(=O)=O)c3)nnc2c1. The number of hydrogen-bond acceptors (Lipinski definition) is 5. The topological polar surface area (TPSA) is 91.4 Å². The molecule has 0 bridgehead atoms. The number of nitrogens with zero attached hydrogens (tertiary/aromatic N) is 5. The highest BCUT2D eigenvalue weighted by atomic mass is 32.2. The molecule has 1 aliphatic heterocycles. The van der Waals surface area contributed by atoms with Crippen molar-refractivity contribution in [2.75, 3.05) is 12.3 Å². The Bertz CT molecular complexity index is 1100. The van der Waals surface area contributed by atoms with E-state index >= 15 is 0 Å². The molecule has 0 amide bonds. The van der Waals surface area contributed by atoms with Crippen LogP contribution in [0.15, 0.2) is 42.6 Å². The van der Waals surface area contributed by atoms with Gasteiger partial charge in [0.1, 0.15) is 0 Å². The number of fused-ring (bicyclic) bond motifs is 1. The first-order valence-electron chi connectivity index (χ1n) is 7.89. The van der Waals surface area contributed by atoms with Crippen LogP contribution in [-0.4, -0.2) is 39.6 Å². The van der Waals surface area contributed by atoms with E-state index in [1.807, 2.05) is 28.7 Å². The molecular formula is C17H15N5O2S. The summed E-state index contributed by atoms with van der Waals surface area (Å²) >= 11 is 0. The maximum Gasteiger partial charge on any atom is 0.214 e. The highest BCUT2D eigenvalue weighted by Gasteiger charge is 2.28.